The van der Waals surface area contributed by atoms with Gasteiger partial charge in [-0.15, -0.1) is 0 Å². The average Bonchev–Trinajstić information content (AvgIpc) is 3.32. The number of nitrogens with zero attached hydrogens (tertiary/aromatic N) is 2. The SMILES string of the molecule is COc1cc2ncnc(NCCc3ccccc3)c2cc1-c1ccc(C#CCCCC(=O)O)o1. The minimum absolute atomic E-state index is 0.107. The molecule has 7 heteroatoms. The van der Waals surface area contributed by atoms with Gasteiger partial charge in [-0.25, -0.2) is 9.97 Å². The first-order chi connectivity index (χ1) is 16.6. The van der Waals surface area contributed by atoms with E-state index in [0.717, 1.165) is 35.2 Å². The van der Waals surface area contributed by atoms with Crippen LogP contribution in [0.1, 0.15) is 30.6 Å². The molecule has 2 aromatic heterocycles. The Morgan fingerprint density at radius 2 is 2.00 bits per heavy atom. The first-order valence-electron chi connectivity index (χ1n) is 11.1. The fraction of sp³-hybridized carbons (Fsp3) is 0.222. The number of rotatable bonds is 9. The molecule has 172 valence electrons. The summed E-state index contributed by atoms with van der Waals surface area (Å²) in [5.74, 6) is 7.60. The standard InChI is InChI=1S/C27H25N3O4/c1-33-25-17-23-21(27(30-18-29-23)28-15-14-19-8-4-2-5-9-19)16-22(25)24-13-12-20(34-24)10-6-3-7-11-26(31)32/h2,4-5,8-9,12-13,16-18H,3,7,11,14-15H2,1H3,(H,31,32)(H,28,29,30). The van der Waals surface area contributed by atoms with Crippen LogP contribution in [0.25, 0.3) is 22.2 Å². The fourth-order valence-electron chi connectivity index (χ4n) is 3.58. The second kappa shape index (κ2) is 11.0. The van der Waals surface area contributed by atoms with E-state index in [0.29, 0.717) is 30.1 Å². The number of ether oxygens (including phenoxy) is 1. The van der Waals surface area contributed by atoms with E-state index in [-0.39, 0.29) is 6.42 Å². The van der Waals surface area contributed by atoms with Crippen molar-refractivity contribution in [3.63, 3.8) is 0 Å². The molecule has 0 aliphatic carbocycles. The number of hydrogen-bond acceptors (Lipinski definition) is 6. The normalized spacial score (nSPS) is 10.5. The van der Waals surface area contributed by atoms with Crippen LogP contribution in [-0.4, -0.2) is 34.7 Å². The Hall–Kier alpha value is -4.31. The lowest BCUT2D eigenvalue weighted by atomic mass is 10.1. The average molecular weight is 456 g/mol. The minimum atomic E-state index is -0.816. The van der Waals surface area contributed by atoms with Crippen LogP contribution in [0.5, 0.6) is 5.75 Å². The van der Waals surface area contributed by atoms with E-state index in [1.807, 2.05) is 36.4 Å². The number of methoxy groups -OCH3 is 1. The molecule has 0 spiro atoms. The number of aromatic nitrogens is 2. The highest BCUT2D eigenvalue weighted by Crippen LogP contribution is 2.36. The second-order valence-electron chi connectivity index (χ2n) is 7.67. The van der Waals surface area contributed by atoms with Crippen LogP contribution in [-0.2, 0) is 11.2 Å². The van der Waals surface area contributed by atoms with Gasteiger partial charge in [0.25, 0.3) is 0 Å². The van der Waals surface area contributed by atoms with Crippen LogP contribution in [0.3, 0.4) is 0 Å². The summed E-state index contributed by atoms with van der Waals surface area (Å²) >= 11 is 0. The van der Waals surface area contributed by atoms with E-state index in [1.165, 1.54) is 11.9 Å². The van der Waals surface area contributed by atoms with Gasteiger partial charge in [-0.2, -0.15) is 0 Å². The van der Waals surface area contributed by atoms with Crippen molar-refractivity contribution < 1.29 is 19.1 Å². The number of aliphatic carboxylic acids is 1. The highest BCUT2D eigenvalue weighted by atomic mass is 16.5. The number of nitrogens with one attached hydrogen (secondary N) is 1. The summed E-state index contributed by atoms with van der Waals surface area (Å²) in [4.78, 5) is 19.4. The highest BCUT2D eigenvalue weighted by molar-refractivity contribution is 5.94. The smallest absolute Gasteiger partial charge is 0.303 e. The first-order valence-corrected chi connectivity index (χ1v) is 11.1. The van der Waals surface area contributed by atoms with Crippen molar-refractivity contribution in [2.24, 2.45) is 0 Å². The van der Waals surface area contributed by atoms with Gasteiger partial charge in [0.05, 0.1) is 18.2 Å². The topological polar surface area (TPSA) is 97.5 Å². The number of anilines is 1. The maximum atomic E-state index is 10.6. The van der Waals surface area contributed by atoms with Gasteiger partial charge in [-0.1, -0.05) is 36.3 Å². The Kier molecular flexibility index (Phi) is 7.41. The molecule has 0 amide bonds. The number of carbonyl (C=O) groups is 1. The van der Waals surface area contributed by atoms with Crippen LogP contribution in [0.15, 0.2) is 65.3 Å². The number of carboxylic acids is 1. The van der Waals surface area contributed by atoms with Crippen LogP contribution in [0.2, 0.25) is 0 Å². The largest absolute Gasteiger partial charge is 0.496 e. The summed E-state index contributed by atoms with van der Waals surface area (Å²) in [5, 5.41) is 13.0. The van der Waals surface area contributed by atoms with E-state index in [9.17, 15) is 4.79 Å². The molecule has 4 rings (SSSR count). The molecule has 0 radical (unpaired) electrons. The van der Waals surface area contributed by atoms with Crippen LogP contribution < -0.4 is 10.1 Å². The summed E-state index contributed by atoms with van der Waals surface area (Å²) in [5.41, 5.74) is 2.79. The van der Waals surface area contributed by atoms with E-state index >= 15 is 0 Å². The van der Waals surface area contributed by atoms with Gasteiger partial charge in [0, 0.05) is 30.8 Å². The quantitative estimate of drug-likeness (QED) is 0.266. The number of fused-ring (bicyclic) bond motifs is 1. The molecular weight excluding hydrogens is 430 g/mol. The van der Waals surface area contributed by atoms with Crippen molar-refractivity contribution in [2.45, 2.75) is 25.7 Å². The molecule has 0 unspecified atom stereocenters. The van der Waals surface area contributed by atoms with E-state index in [2.05, 4.69) is 39.3 Å². The maximum absolute atomic E-state index is 10.6. The van der Waals surface area contributed by atoms with Gasteiger partial charge < -0.3 is 19.6 Å². The van der Waals surface area contributed by atoms with Crippen molar-refractivity contribution >= 4 is 22.7 Å². The second-order valence-corrected chi connectivity index (χ2v) is 7.67. The molecule has 0 saturated carbocycles. The van der Waals surface area contributed by atoms with Crippen molar-refractivity contribution in [1.82, 2.24) is 9.97 Å². The molecule has 0 aliphatic heterocycles. The molecule has 2 heterocycles. The molecule has 0 fully saturated rings. The molecule has 34 heavy (non-hydrogen) atoms. The predicted molar refractivity (Wildman–Crippen MR) is 131 cm³/mol. The summed E-state index contributed by atoms with van der Waals surface area (Å²) in [6.45, 7) is 0.736. The number of carboxylic acid groups (broad SMARTS) is 1. The third kappa shape index (κ3) is 5.73. The fourth-order valence-corrected chi connectivity index (χ4v) is 3.58. The first kappa shape index (κ1) is 22.9. The molecular formula is C27H25N3O4. The van der Waals surface area contributed by atoms with E-state index in [4.69, 9.17) is 14.3 Å². The molecule has 4 aromatic rings. The Balaban J connectivity index is 1.55. The molecule has 0 atom stereocenters. The van der Waals surface area contributed by atoms with Crippen LogP contribution >= 0.6 is 0 Å². The van der Waals surface area contributed by atoms with Crippen molar-refractivity contribution in [3.8, 4) is 28.9 Å². The zero-order valence-corrected chi connectivity index (χ0v) is 18.9. The summed E-state index contributed by atoms with van der Waals surface area (Å²) in [6.07, 6.45) is 3.53. The van der Waals surface area contributed by atoms with Crippen LogP contribution in [0, 0.1) is 11.8 Å². The molecule has 7 nitrogen and oxygen atoms in total. The zero-order chi connectivity index (χ0) is 23.8. The zero-order valence-electron chi connectivity index (χ0n) is 18.9. The Labute approximate surface area is 197 Å². The van der Waals surface area contributed by atoms with Gasteiger partial charge >= 0.3 is 5.97 Å². The predicted octanol–water partition coefficient (Wildman–Crippen LogP) is 5.16. The maximum Gasteiger partial charge on any atom is 0.303 e. The van der Waals surface area contributed by atoms with Gasteiger partial charge in [0.15, 0.2) is 5.76 Å². The van der Waals surface area contributed by atoms with Gasteiger partial charge in [0.1, 0.15) is 23.7 Å². The van der Waals surface area contributed by atoms with Gasteiger partial charge in [0.2, 0.25) is 0 Å². The molecule has 0 aliphatic rings. The number of furan rings is 1. The lowest BCUT2D eigenvalue weighted by Crippen LogP contribution is -2.07. The van der Waals surface area contributed by atoms with Gasteiger partial charge in [-0.3, -0.25) is 4.79 Å². The molecule has 2 N–H and O–H groups in total. The van der Waals surface area contributed by atoms with Crippen molar-refractivity contribution in [3.05, 3.63) is 72.2 Å². The number of hydrogen-bond donors (Lipinski definition) is 2. The minimum Gasteiger partial charge on any atom is -0.496 e. The summed E-state index contributed by atoms with van der Waals surface area (Å²) in [7, 11) is 1.61. The third-order valence-electron chi connectivity index (χ3n) is 5.28. The van der Waals surface area contributed by atoms with Gasteiger partial charge in [-0.05, 0) is 42.5 Å². The monoisotopic (exact) mass is 455 g/mol. The summed E-state index contributed by atoms with van der Waals surface area (Å²) < 4.78 is 11.5. The molecule has 0 bridgehead atoms. The molecule has 2 aromatic carbocycles. The number of benzene rings is 2. The van der Waals surface area contributed by atoms with Crippen molar-refractivity contribution in [1.29, 1.82) is 0 Å². The lowest BCUT2D eigenvalue weighted by Gasteiger charge is -2.12. The van der Waals surface area contributed by atoms with Crippen molar-refractivity contribution in [2.75, 3.05) is 19.0 Å². The number of unbranched alkanes of at least 4 members (excludes halogenated alkanes) is 1. The third-order valence-corrected chi connectivity index (χ3v) is 5.28. The van der Waals surface area contributed by atoms with E-state index < -0.39 is 5.97 Å². The Morgan fingerprint density at radius 3 is 2.79 bits per heavy atom. The summed E-state index contributed by atoms with van der Waals surface area (Å²) in [6, 6.07) is 17.8. The highest BCUT2D eigenvalue weighted by Gasteiger charge is 2.15. The lowest BCUT2D eigenvalue weighted by molar-refractivity contribution is -0.137. The Bertz CT molecular complexity index is 1340. The van der Waals surface area contributed by atoms with Crippen LogP contribution in [0.4, 0.5) is 5.82 Å². The van der Waals surface area contributed by atoms with E-state index in [1.54, 1.807) is 13.2 Å². The Morgan fingerprint density at radius 1 is 1.15 bits per heavy atom. The molecule has 0 saturated heterocycles.